The SMILES string of the molecule is CCc1c(N)nc(-c2cccs2)nc1-n1cccn1. The first-order chi connectivity index (χ1) is 9.29. The van der Waals surface area contributed by atoms with E-state index in [9.17, 15) is 0 Å². The number of nitrogens with zero attached hydrogens (tertiary/aromatic N) is 4. The van der Waals surface area contributed by atoms with Crippen molar-refractivity contribution in [3.8, 4) is 16.5 Å². The van der Waals surface area contributed by atoms with Crippen molar-refractivity contribution in [3.63, 3.8) is 0 Å². The number of thiophene rings is 1. The van der Waals surface area contributed by atoms with Crippen LogP contribution in [0.4, 0.5) is 5.82 Å². The molecule has 0 aromatic carbocycles. The zero-order chi connectivity index (χ0) is 13.2. The molecule has 3 heterocycles. The first-order valence-corrected chi connectivity index (χ1v) is 6.88. The van der Waals surface area contributed by atoms with Crippen molar-refractivity contribution in [2.24, 2.45) is 0 Å². The molecule has 19 heavy (non-hydrogen) atoms. The van der Waals surface area contributed by atoms with Gasteiger partial charge in [0, 0.05) is 18.0 Å². The molecule has 3 rings (SSSR count). The van der Waals surface area contributed by atoms with E-state index in [0.717, 1.165) is 22.7 Å². The maximum absolute atomic E-state index is 6.06. The Morgan fingerprint density at radius 3 is 2.84 bits per heavy atom. The Bertz CT molecular complexity index is 673. The molecule has 0 radical (unpaired) electrons. The van der Waals surface area contributed by atoms with Crippen LogP contribution in [0.1, 0.15) is 12.5 Å². The van der Waals surface area contributed by atoms with Crippen LogP contribution in [0.25, 0.3) is 16.5 Å². The van der Waals surface area contributed by atoms with Crippen LogP contribution < -0.4 is 5.73 Å². The number of nitrogen functional groups attached to an aromatic ring is 1. The number of hydrogen-bond donors (Lipinski definition) is 1. The maximum Gasteiger partial charge on any atom is 0.173 e. The maximum atomic E-state index is 6.06. The fourth-order valence-electron chi connectivity index (χ4n) is 1.93. The van der Waals surface area contributed by atoms with E-state index in [2.05, 4.69) is 15.1 Å². The molecule has 6 heteroatoms. The van der Waals surface area contributed by atoms with Gasteiger partial charge in [0.15, 0.2) is 11.6 Å². The van der Waals surface area contributed by atoms with Gasteiger partial charge in [-0.25, -0.2) is 14.6 Å². The summed E-state index contributed by atoms with van der Waals surface area (Å²) in [5, 5.41) is 6.23. The van der Waals surface area contributed by atoms with Gasteiger partial charge < -0.3 is 5.73 Å². The van der Waals surface area contributed by atoms with Crippen molar-refractivity contribution >= 4 is 17.2 Å². The van der Waals surface area contributed by atoms with Crippen LogP contribution in [0.15, 0.2) is 36.0 Å². The Morgan fingerprint density at radius 2 is 2.21 bits per heavy atom. The number of aromatic nitrogens is 4. The van der Waals surface area contributed by atoms with Crippen molar-refractivity contribution in [3.05, 3.63) is 41.5 Å². The molecule has 0 amide bonds. The van der Waals surface area contributed by atoms with Crippen molar-refractivity contribution in [1.82, 2.24) is 19.7 Å². The van der Waals surface area contributed by atoms with Gasteiger partial charge >= 0.3 is 0 Å². The fourth-order valence-corrected chi connectivity index (χ4v) is 2.59. The summed E-state index contributed by atoms with van der Waals surface area (Å²) in [7, 11) is 0. The third-order valence-corrected chi connectivity index (χ3v) is 3.70. The molecule has 0 fully saturated rings. The van der Waals surface area contributed by atoms with Crippen LogP contribution >= 0.6 is 11.3 Å². The Morgan fingerprint density at radius 1 is 1.32 bits per heavy atom. The second kappa shape index (κ2) is 4.81. The summed E-state index contributed by atoms with van der Waals surface area (Å²) < 4.78 is 1.73. The summed E-state index contributed by atoms with van der Waals surface area (Å²) in [6, 6.07) is 5.82. The van der Waals surface area contributed by atoms with Crippen LogP contribution in [-0.4, -0.2) is 19.7 Å². The standard InChI is InChI=1S/C13H13N5S/c1-2-9-11(14)16-12(10-5-3-8-19-10)17-13(9)18-7-4-6-15-18/h3-8H,2H2,1H3,(H2,14,16,17). The van der Waals surface area contributed by atoms with E-state index in [1.807, 2.05) is 36.7 Å². The van der Waals surface area contributed by atoms with Crippen molar-refractivity contribution < 1.29 is 0 Å². The molecule has 2 N–H and O–H groups in total. The predicted molar refractivity (Wildman–Crippen MR) is 76.3 cm³/mol. The van der Waals surface area contributed by atoms with Crippen LogP contribution in [-0.2, 0) is 6.42 Å². The molecular formula is C13H13N5S. The first-order valence-electron chi connectivity index (χ1n) is 6.00. The van der Waals surface area contributed by atoms with Gasteiger partial charge in [0.25, 0.3) is 0 Å². The summed E-state index contributed by atoms with van der Waals surface area (Å²) >= 11 is 1.59. The highest BCUT2D eigenvalue weighted by molar-refractivity contribution is 7.13. The predicted octanol–water partition coefficient (Wildman–Crippen LogP) is 2.54. The quantitative estimate of drug-likeness (QED) is 0.794. The van der Waals surface area contributed by atoms with E-state index in [1.165, 1.54) is 0 Å². The second-order valence-electron chi connectivity index (χ2n) is 4.02. The monoisotopic (exact) mass is 271 g/mol. The van der Waals surface area contributed by atoms with E-state index in [-0.39, 0.29) is 0 Å². The lowest BCUT2D eigenvalue weighted by molar-refractivity contribution is 0.823. The topological polar surface area (TPSA) is 69.6 Å². The Hall–Kier alpha value is -2.21. The van der Waals surface area contributed by atoms with Crippen LogP contribution in [0, 0.1) is 0 Å². The molecule has 0 aliphatic carbocycles. The summed E-state index contributed by atoms with van der Waals surface area (Å²) in [5.41, 5.74) is 6.98. The second-order valence-corrected chi connectivity index (χ2v) is 4.96. The van der Waals surface area contributed by atoms with Crippen LogP contribution in [0.3, 0.4) is 0 Å². The van der Waals surface area contributed by atoms with Gasteiger partial charge in [-0.1, -0.05) is 13.0 Å². The molecule has 0 saturated heterocycles. The molecule has 0 aliphatic heterocycles. The highest BCUT2D eigenvalue weighted by Crippen LogP contribution is 2.26. The van der Waals surface area contributed by atoms with Gasteiger partial charge in [0.1, 0.15) is 5.82 Å². The minimum absolute atomic E-state index is 0.520. The van der Waals surface area contributed by atoms with Crippen molar-refractivity contribution in [1.29, 1.82) is 0 Å². The normalized spacial score (nSPS) is 10.8. The zero-order valence-corrected chi connectivity index (χ0v) is 11.3. The Kier molecular flexibility index (Phi) is 3.00. The lowest BCUT2D eigenvalue weighted by atomic mass is 10.2. The number of nitrogens with two attached hydrogens (primary N) is 1. The molecule has 0 saturated carbocycles. The molecule has 0 bridgehead atoms. The average Bonchev–Trinajstić information content (AvgIpc) is 3.11. The molecular weight excluding hydrogens is 258 g/mol. The van der Waals surface area contributed by atoms with E-state index >= 15 is 0 Å². The molecule has 3 aromatic rings. The lowest BCUT2D eigenvalue weighted by Gasteiger charge is -2.10. The highest BCUT2D eigenvalue weighted by Gasteiger charge is 2.14. The zero-order valence-electron chi connectivity index (χ0n) is 10.4. The average molecular weight is 271 g/mol. The lowest BCUT2D eigenvalue weighted by Crippen LogP contribution is -2.09. The largest absolute Gasteiger partial charge is 0.383 e. The van der Waals surface area contributed by atoms with Crippen LogP contribution in [0.5, 0.6) is 0 Å². The number of hydrogen-bond acceptors (Lipinski definition) is 5. The first kappa shape index (κ1) is 11.9. The molecule has 0 spiro atoms. The molecule has 96 valence electrons. The summed E-state index contributed by atoms with van der Waals surface area (Å²) in [6.45, 7) is 2.03. The minimum Gasteiger partial charge on any atom is -0.383 e. The van der Waals surface area contributed by atoms with Gasteiger partial charge in [-0.2, -0.15) is 5.10 Å². The minimum atomic E-state index is 0.520. The third-order valence-electron chi connectivity index (χ3n) is 2.83. The molecule has 3 aromatic heterocycles. The molecule has 5 nitrogen and oxygen atoms in total. The van der Waals surface area contributed by atoms with E-state index in [0.29, 0.717) is 11.6 Å². The third kappa shape index (κ3) is 2.10. The summed E-state index contributed by atoms with van der Waals surface area (Å²) in [6.07, 6.45) is 4.35. The highest BCUT2D eigenvalue weighted by atomic mass is 32.1. The summed E-state index contributed by atoms with van der Waals surface area (Å²) in [5.74, 6) is 1.92. The van der Waals surface area contributed by atoms with Gasteiger partial charge in [-0.3, -0.25) is 0 Å². The summed E-state index contributed by atoms with van der Waals surface area (Å²) in [4.78, 5) is 10.0. The van der Waals surface area contributed by atoms with Crippen molar-refractivity contribution in [2.45, 2.75) is 13.3 Å². The van der Waals surface area contributed by atoms with Gasteiger partial charge in [-0.15, -0.1) is 11.3 Å². The van der Waals surface area contributed by atoms with Gasteiger partial charge in [-0.05, 0) is 23.9 Å². The number of rotatable bonds is 3. The van der Waals surface area contributed by atoms with E-state index in [1.54, 1.807) is 22.2 Å². The van der Waals surface area contributed by atoms with Gasteiger partial charge in [0.2, 0.25) is 0 Å². The Balaban J connectivity index is 2.21. The van der Waals surface area contributed by atoms with Crippen LogP contribution in [0.2, 0.25) is 0 Å². The van der Waals surface area contributed by atoms with E-state index in [4.69, 9.17) is 5.73 Å². The van der Waals surface area contributed by atoms with Crippen molar-refractivity contribution in [2.75, 3.05) is 5.73 Å². The Labute approximate surface area is 114 Å². The van der Waals surface area contributed by atoms with E-state index < -0.39 is 0 Å². The smallest absolute Gasteiger partial charge is 0.173 e. The molecule has 0 aliphatic rings. The number of anilines is 1. The fraction of sp³-hybridized carbons (Fsp3) is 0.154. The molecule has 0 unspecified atom stereocenters. The molecule has 0 atom stereocenters. The van der Waals surface area contributed by atoms with Gasteiger partial charge in [0.05, 0.1) is 4.88 Å².